The van der Waals surface area contributed by atoms with Crippen LogP contribution in [0, 0.1) is 5.92 Å². The van der Waals surface area contributed by atoms with E-state index < -0.39 is 0 Å². The lowest BCUT2D eigenvalue weighted by molar-refractivity contribution is -0.120. The van der Waals surface area contributed by atoms with Crippen LogP contribution in [0.5, 0.6) is 0 Å². The van der Waals surface area contributed by atoms with Crippen LogP contribution in [-0.2, 0) is 11.2 Å². The Morgan fingerprint density at radius 2 is 1.70 bits per heavy atom. The predicted molar refractivity (Wildman–Crippen MR) is 88.6 cm³/mol. The molecule has 0 saturated carbocycles. The van der Waals surface area contributed by atoms with Gasteiger partial charge in [0.1, 0.15) is 5.78 Å². The van der Waals surface area contributed by atoms with Crippen LogP contribution >= 0.6 is 12.4 Å². The molecule has 0 radical (unpaired) electrons. The zero-order valence-corrected chi connectivity index (χ0v) is 13.7. The molecular formula is C17H28ClNO. The normalized spacial score (nSPS) is 12.1. The van der Waals surface area contributed by atoms with E-state index in [2.05, 4.69) is 38.1 Å². The summed E-state index contributed by atoms with van der Waals surface area (Å²) in [7, 11) is 0. The third-order valence-corrected chi connectivity index (χ3v) is 3.48. The van der Waals surface area contributed by atoms with E-state index in [1.54, 1.807) is 0 Å². The summed E-state index contributed by atoms with van der Waals surface area (Å²) in [5, 5.41) is 0. The molecule has 0 heterocycles. The summed E-state index contributed by atoms with van der Waals surface area (Å²) in [6, 6.07) is 8.50. The number of hydrogen-bond donors (Lipinski definition) is 1. The zero-order valence-electron chi connectivity index (χ0n) is 12.9. The van der Waals surface area contributed by atoms with Gasteiger partial charge in [0.05, 0.1) is 0 Å². The van der Waals surface area contributed by atoms with Crippen LogP contribution in [0.2, 0.25) is 0 Å². The van der Waals surface area contributed by atoms with Crippen LogP contribution in [0.25, 0.3) is 0 Å². The molecule has 1 atom stereocenters. The number of carbonyl (C=O) groups is 1. The van der Waals surface area contributed by atoms with Gasteiger partial charge in [-0.3, -0.25) is 4.79 Å². The van der Waals surface area contributed by atoms with Gasteiger partial charge in [0.2, 0.25) is 0 Å². The van der Waals surface area contributed by atoms with Gasteiger partial charge in [-0.15, -0.1) is 12.4 Å². The minimum Gasteiger partial charge on any atom is -0.330 e. The third kappa shape index (κ3) is 6.53. The van der Waals surface area contributed by atoms with Crippen molar-refractivity contribution >= 4 is 18.2 Å². The number of nitrogens with two attached hydrogens (primary N) is 1. The van der Waals surface area contributed by atoms with Gasteiger partial charge in [0.15, 0.2) is 0 Å². The van der Waals surface area contributed by atoms with Gasteiger partial charge in [-0.1, -0.05) is 45.0 Å². The monoisotopic (exact) mass is 297 g/mol. The molecule has 0 aliphatic heterocycles. The molecule has 0 bridgehead atoms. The van der Waals surface area contributed by atoms with E-state index >= 15 is 0 Å². The molecule has 0 spiro atoms. The second kappa shape index (κ2) is 9.95. The fraction of sp³-hybridized carbons (Fsp3) is 0.588. The first-order chi connectivity index (χ1) is 9.04. The number of benzene rings is 1. The van der Waals surface area contributed by atoms with Gasteiger partial charge in [0.25, 0.3) is 0 Å². The number of unbranched alkanes of at least 4 members (excludes halogenated alkanes) is 1. The Morgan fingerprint density at radius 3 is 2.20 bits per heavy atom. The van der Waals surface area contributed by atoms with E-state index in [1.807, 2.05) is 6.92 Å². The number of hydrogen-bond acceptors (Lipinski definition) is 2. The third-order valence-electron chi connectivity index (χ3n) is 3.48. The van der Waals surface area contributed by atoms with E-state index in [9.17, 15) is 4.79 Å². The predicted octanol–water partition coefficient (Wildman–Crippen LogP) is 4.11. The van der Waals surface area contributed by atoms with E-state index in [0.717, 1.165) is 24.8 Å². The molecule has 20 heavy (non-hydrogen) atoms. The molecule has 0 aromatic heterocycles. The minimum atomic E-state index is 0. The number of rotatable bonds is 8. The van der Waals surface area contributed by atoms with Crippen molar-refractivity contribution in [2.45, 2.75) is 52.4 Å². The van der Waals surface area contributed by atoms with Crippen molar-refractivity contribution in [2.24, 2.45) is 11.7 Å². The molecule has 0 aliphatic carbocycles. The standard InChI is InChI=1S/C17H27NO.ClH/c1-13(2)12-15-7-9-16(10-8-15)14(3)17(19)6-4-5-11-18;/h7-10,13-14H,4-6,11-12,18H2,1-3H3;1H/t14-;/m1./s1. The Hall–Kier alpha value is -0.860. The molecule has 3 heteroatoms. The van der Waals surface area contributed by atoms with Gasteiger partial charge in [0, 0.05) is 12.3 Å². The number of ketones is 1. The highest BCUT2D eigenvalue weighted by Gasteiger charge is 2.14. The van der Waals surface area contributed by atoms with Crippen molar-refractivity contribution in [1.82, 2.24) is 0 Å². The Labute approximate surface area is 129 Å². The summed E-state index contributed by atoms with van der Waals surface area (Å²) in [5.74, 6) is 0.997. The summed E-state index contributed by atoms with van der Waals surface area (Å²) in [5.41, 5.74) is 7.93. The minimum absolute atomic E-state index is 0. The van der Waals surface area contributed by atoms with Crippen LogP contribution < -0.4 is 5.73 Å². The largest absolute Gasteiger partial charge is 0.330 e. The fourth-order valence-corrected chi connectivity index (χ4v) is 2.26. The van der Waals surface area contributed by atoms with Gasteiger partial charge < -0.3 is 5.73 Å². The van der Waals surface area contributed by atoms with Crippen LogP contribution in [0.15, 0.2) is 24.3 Å². The molecule has 0 amide bonds. The van der Waals surface area contributed by atoms with Crippen molar-refractivity contribution in [2.75, 3.05) is 6.54 Å². The molecule has 0 aliphatic rings. The van der Waals surface area contributed by atoms with E-state index in [1.165, 1.54) is 5.56 Å². The lowest BCUT2D eigenvalue weighted by Gasteiger charge is -2.12. The highest BCUT2D eigenvalue weighted by molar-refractivity contribution is 5.85. The SMILES string of the molecule is CC(C)Cc1ccc([C@@H](C)C(=O)CCCCN)cc1.Cl. The van der Waals surface area contributed by atoms with Crippen LogP contribution in [0.4, 0.5) is 0 Å². The molecule has 0 unspecified atom stereocenters. The zero-order chi connectivity index (χ0) is 14.3. The van der Waals surface area contributed by atoms with Crippen molar-refractivity contribution in [1.29, 1.82) is 0 Å². The van der Waals surface area contributed by atoms with E-state index in [0.29, 0.717) is 24.7 Å². The van der Waals surface area contributed by atoms with Gasteiger partial charge in [-0.05, 0) is 42.9 Å². The van der Waals surface area contributed by atoms with Gasteiger partial charge in [-0.25, -0.2) is 0 Å². The highest BCUT2D eigenvalue weighted by Crippen LogP contribution is 2.20. The maximum absolute atomic E-state index is 12.0. The molecular weight excluding hydrogens is 270 g/mol. The van der Waals surface area contributed by atoms with Crippen LogP contribution in [0.3, 0.4) is 0 Å². The molecule has 2 nitrogen and oxygen atoms in total. The van der Waals surface area contributed by atoms with Gasteiger partial charge >= 0.3 is 0 Å². The Morgan fingerprint density at radius 1 is 1.10 bits per heavy atom. The summed E-state index contributed by atoms with van der Waals surface area (Å²) < 4.78 is 0. The first-order valence-corrected chi connectivity index (χ1v) is 7.36. The first kappa shape index (κ1) is 19.1. The average Bonchev–Trinajstić information content (AvgIpc) is 2.38. The van der Waals surface area contributed by atoms with Crippen molar-refractivity contribution in [3.05, 3.63) is 35.4 Å². The number of Topliss-reactive ketones (excluding diaryl/α,β-unsaturated/α-hetero) is 1. The number of halogens is 1. The molecule has 2 N–H and O–H groups in total. The molecule has 0 saturated heterocycles. The smallest absolute Gasteiger partial charge is 0.140 e. The quantitative estimate of drug-likeness (QED) is 0.734. The Bertz CT molecular complexity index is 386. The van der Waals surface area contributed by atoms with E-state index in [-0.39, 0.29) is 18.3 Å². The lowest BCUT2D eigenvalue weighted by atomic mass is 9.92. The fourth-order valence-electron chi connectivity index (χ4n) is 2.26. The van der Waals surface area contributed by atoms with Crippen LogP contribution in [0.1, 0.15) is 57.1 Å². The average molecular weight is 298 g/mol. The topological polar surface area (TPSA) is 43.1 Å². The second-order valence-electron chi connectivity index (χ2n) is 5.77. The summed E-state index contributed by atoms with van der Waals surface area (Å²) in [6.07, 6.45) is 3.59. The molecule has 1 aromatic rings. The first-order valence-electron chi connectivity index (χ1n) is 7.36. The molecule has 1 aromatic carbocycles. The summed E-state index contributed by atoms with van der Waals surface area (Å²) in [6.45, 7) is 7.11. The van der Waals surface area contributed by atoms with Crippen molar-refractivity contribution in [3.8, 4) is 0 Å². The summed E-state index contributed by atoms with van der Waals surface area (Å²) in [4.78, 5) is 12.0. The van der Waals surface area contributed by atoms with Gasteiger partial charge in [-0.2, -0.15) is 0 Å². The maximum Gasteiger partial charge on any atom is 0.140 e. The van der Waals surface area contributed by atoms with Crippen molar-refractivity contribution in [3.63, 3.8) is 0 Å². The van der Waals surface area contributed by atoms with Crippen molar-refractivity contribution < 1.29 is 4.79 Å². The molecule has 1 rings (SSSR count). The van der Waals surface area contributed by atoms with Crippen LogP contribution in [-0.4, -0.2) is 12.3 Å². The summed E-state index contributed by atoms with van der Waals surface area (Å²) >= 11 is 0. The maximum atomic E-state index is 12.0. The highest BCUT2D eigenvalue weighted by atomic mass is 35.5. The Balaban J connectivity index is 0.00000361. The molecule has 114 valence electrons. The lowest BCUT2D eigenvalue weighted by Crippen LogP contribution is -2.10. The Kier molecular flexibility index (Phi) is 9.52. The number of carbonyl (C=O) groups excluding carboxylic acids is 1. The van der Waals surface area contributed by atoms with E-state index in [4.69, 9.17) is 5.73 Å². The second-order valence-corrected chi connectivity index (χ2v) is 5.77. The molecule has 0 fully saturated rings.